The zero-order chi connectivity index (χ0) is 19.1. The van der Waals surface area contributed by atoms with Crippen LogP contribution in [0.25, 0.3) is 0 Å². The summed E-state index contributed by atoms with van der Waals surface area (Å²) >= 11 is 0. The van der Waals surface area contributed by atoms with Crippen LogP contribution in [0.1, 0.15) is 37.0 Å². The zero-order valence-corrected chi connectivity index (χ0v) is 15.5. The van der Waals surface area contributed by atoms with Crippen molar-refractivity contribution in [3.63, 3.8) is 0 Å². The lowest BCUT2D eigenvalue weighted by molar-refractivity contribution is -0.140. The van der Waals surface area contributed by atoms with E-state index in [0.717, 1.165) is 0 Å². The van der Waals surface area contributed by atoms with Gasteiger partial charge in [0.15, 0.2) is 0 Å². The molecule has 1 heterocycles. The first kappa shape index (κ1) is 18.8. The van der Waals surface area contributed by atoms with Crippen molar-refractivity contribution in [3.05, 3.63) is 29.8 Å². The van der Waals surface area contributed by atoms with Crippen molar-refractivity contribution in [3.8, 4) is 0 Å². The average molecular weight is 382 g/mol. The van der Waals surface area contributed by atoms with Crippen LogP contribution in [0.3, 0.4) is 0 Å². The van der Waals surface area contributed by atoms with Gasteiger partial charge in [-0.3, -0.25) is 4.79 Å². The van der Waals surface area contributed by atoms with Gasteiger partial charge in [-0.15, -0.1) is 0 Å². The number of hydrogen-bond donors (Lipinski definition) is 2. The van der Waals surface area contributed by atoms with Gasteiger partial charge >= 0.3 is 5.97 Å². The second-order valence-corrected chi connectivity index (χ2v) is 8.88. The zero-order valence-electron chi connectivity index (χ0n) is 14.6. The summed E-state index contributed by atoms with van der Waals surface area (Å²) in [5.74, 6) is -1.58. The SMILES string of the molecule is CC1CN(S(=O)(=O)c2ccc(C(=O)NC3(C(=O)O)CC3)cc2)CC(C)O1. The van der Waals surface area contributed by atoms with Crippen molar-refractivity contribution in [2.24, 2.45) is 0 Å². The summed E-state index contributed by atoms with van der Waals surface area (Å²) in [6, 6.07) is 5.53. The molecular formula is C17H22N2O6S. The van der Waals surface area contributed by atoms with Gasteiger partial charge in [0.25, 0.3) is 5.91 Å². The molecule has 9 heteroatoms. The predicted octanol–water partition coefficient (Wildman–Crippen LogP) is 0.831. The fraction of sp³-hybridized carbons (Fsp3) is 0.529. The lowest BCUT2D eigenvalue weighted by Crippen LogP contribution is -2.48. The van der Waals surface area contributed by atoms with E-state index in [1.807, 2.05) is 13.8 Å². The predicted molar refractivity (Wildman–Crippen MR) is 92.3 cm³/mol. The Morgan fingerprint density at radius 1 is 1.15 bits per heavy atom. The van der Waals surface area contributed by atoms with E-state index in [-0.39, 0.29) is 35.8 Å². The highest BCUT2D eigenvalue weighted by Crippen LogP contribution is 2.35. The molecule has 2 unspecified atom stereocenters. The summed E-state index contributed by atoms with van der Waals surface area (Å²) in [5, 5.41) is 11.6. The van der Waals surface area contributed by atoms with Crippen molar-refractivity contribution in [1.29, 1.82) is 0 Å². The van der Waals surface area contributed by atoms with Crippen LogP contribution in [-0.2, 0) is 19.6 Å². The normalized spacial score (nSPS) is 25.5. The third-order valence-electron chi connectivity index (χ3n) is 4.65. The van der Waals surface area contributed by atoms with Gasteiger partial charge in [-0.05, 0) is 51.0 Å². The maximum atomic E-state index is 12.8. The van der Waals surface area contributed by atoms with Gasteiger partial charge in [0, 0.05) is 18.7 Å². The molecule has 3 rings (SSSR count). The van der Waals surface area contributed by atoms with E-state index in [1.54, 1.807) is 0 Å². The Hall–Kier alpha value is -1.97. The summed E-state index contributed by atoms with van der Waals surface area (Å²) in [4.78, 5) is 23.4. The van der Waals surface area contributed by atoms with E-state index in [9.17, 15) is 18.0 Å². The van der Waals surface area contributed by atoms with Crippen molar-refractivity contribution in [2.75, 3.05) is 13.1 Å². The number of carboxylic acid groups (broad SMARTS) is 1. The standard InChI is InChI=1S/C17H22N2O6S/c1-11-9-19(10-12(2)25-11)26(23,24)14-5-3-13(4-6-14)15(20)18-17(7-8-17)16(21)22/h3-6,11-12H,7-10H2,1-2H3,(H,18,20)(H,21,22). The number of nitrogens with one attached hydrogen (secondary N) is 1. The van der Waals surface area contributed by atoms with Crippen LogP contribution in [0.5, 0.6) is 0 Å². The molecular weight excluding hydrogens is 360 g/mol. The monoisotopic (exact) mass is 382 g/mol. The fourth-order valence-electron chi connectivity index (χ4n) is 3.06. The van der Waals surface area contributed by atoms with Crippen molar-refractivity contribution in [2.45, 2.75) is 49.3 Å². The summed E-state index contributed by atoms with van der Waals surface area (Å²) in [6.45, 7) is 4.19. The minimum atomic E-state index is -3.68. The molecule has 1 aliphatic heterocycles. The first-order valence-electron chi connectivity index (χ1n) is 8.46. The van der Waals surface area contributed by atoms with Gasteiger partial charge in [0.05, 0.1) is 17.1 Å². The molecule has 0 spiro atoms. The number of morpholine rings is 1. The summed E-state index contributed by atoms with van der Waals surface area (Å²) in [7, 11) is -3.68. The molecule has 1 aromatic rings. The molecule has 142 valence electrons. The number of sulfonamides is 1. The molecule has 1 saturated heterocycles. The molecule has 0 bridgehead atoms. The summed E-state index contributed by atoms with van der Waals surface area (Å²) < 4.78 is 32.5. The minimum absolute atomic E-state index is 0.0923. The van der Waals surface area contributed by atoms with Gasteiger partial charge in [-0.25, -0.2) is 13.2 Å². The fourth-order valence-corrected chi connectivity index (χ4v) is 4.65. The van der Waals surface area contributed by atoms with Gasteiger partial charge in [-0.1, -0.05) is 0 Å². The Balaban J connectivity index is 1.74. The molecule has 2 aliphatic rings. The number of nitrogens with zero attached hydrogens (tertiary/aromatic N) is 1. The summed E-state index contributed by atoms with van der Waals surface area (Å²) in [5.41, 5.74) is -0.956. The second-order valence-electron chi connectivity index (χ2n) is 6.95. The Bertz CT molecular complexity index is 806. The van der Waals surface area contributed by atoms with E-state index in [2.05, 4.69) is 5.32 Å². The van der Waals surface area contributed by atoms with E-state index in [0.29, 0.717) is 12.8 Å². The highest BCUT2D eigenvalue weighted by atomic mass is 32.2. The highest BCUT2D eigenvalue weighted by molar-refractivity contribution is 7.89. The number of carbonyl (C=O) groups excluding carboxylic acids is 1. The number of amides is 1. The number of carboxylic acids is 1. The minimum Gasteiger partial charge on any atom is -0.480 e. The number of carbonyl (C=O) groups is 2. The highest BCUT2D eigenvalue weighted by Gasteiger charge is 2.51. The maximum absolute atomic E-state index is 12.8. The summed E-state index contributed by atoms with van der Waals surface area (Å²) in [6.07, 6.45) is 0.413. The van der Waals surface area contributed by atoms with Crippen LogP contribution in [0.4, 0.5) is 0 Å². The van der Waals surface area contributed by atoms with Gasteiger partial charge in [-0.2, -0.15) is 4.31 Å². The number of aliphatic carboxylic acids is 1. The van der Waals surface area contributed by atoms with Gasteiger partial charge in [0.1, 0.15) is 5.54 Å². The average Bonchev–Trinajstić information content (AvgIpc) is 3.35. The Morgan fingerprint density at radius 3 is 2.15 bits per heavy atom. The topological polar surface area (TPSA) is 113 Å². The van der Waals surface area contributed by atoms with Gasteiger partial charge < -0.3 is 15.2 Å². The number of hydrogen-bond acceptors (Lipinski definition) is 5. The first-order chi connectivity index (χ1) is 12.1. The Morgan fingerprint density at radius 2 is 1.69 bits per heavy atom. The van der Waals surface area contributed by atoms with E-state index in [1.165, 1.54) is 28.6 Å². The van der Waals surface area contributed by atoms with Crippen LogP contribution in [0, 0.1) is 0 Å². The Labute approximate surface area is 152 Å². The number of benzene rings is 1. The van der Waals surface area contributed by atoms with Crippen LogP contribution in [0.15, 0.2) is 29.2 Å². The quantitative estimate of drug-likeness (QED) is 0.780. The van der Waals surface area contributed by atoms with E-state index >= 15 is 0 Å². The molecule has 26 heavy (non-hydrogen) atoms. The molecule has 2 N–H and O–H groups in total. The van der Waals surface area contributed by atoms with E-state index < -0.39 is 27.4 Å². The number of rotatable bonds is 5. The molecule has 1 aliphatic carbocycles. The molecule has 8 nitrogen and oxygen atoms in total. The van der Waals surface area contributed by atoms with Crippen LogP contribution >= 0.6 is 0 Å². The Kier molecular flexibility index (Phi) is 4.80. The molecule has 1 saturated carbocycles. The smallest absolute Gasteiger partial charge is 0.329 e. The van der Waals surface area contributed by atoms with Crippen LogP contribution < -0.4 is 5.32 Å². The van der Waals surface area contributed by atoms with Crippen molar-refractivity contribution >= 4 is 21.9 Å². The van der Waals surface area contributed by atoms with E-state index in [4.69, 9.17) is 9.84 Å². The van der Waals surface area contributed by atoms with Crippen molar-refractivity contribution in [1.82, 2.24) is 9.62 Å². The third kappa shape index (κ3) is 3.60. The molecule has 1 amide bonds. The van der Waals surface area contributed by atoms with Crippen molar-refractivity contribution < 1.29 is 27.9 Å². The lowest BCUT2D eigenvalue weighted by atomic mass is 10.2. The molecule has 0 radical (unpaired) electrons. The molecule has 2 atom stereocenters. The maximum Gasteiger partial charge on any atom is 0.329 e. The van der Waals surface area contributed by atoms with Crippen LogP contribution in [0.2, 0.25) is 0 Å². The molecule has 2 fully saturated rings. The van der Waals surface area contributed by atoms with Gasteiger partial charge in [0.2, 0.25) is 10.0 Å². The molecule has 0 aromatic heterocycles. The van der Waals surface area contributed by atoms with Crippen LogP contribution in [-0.4, -0.2) is 60.5 Å². The lowest BCUT2D eigenvalue weighted by Gasteiger charge is -2.34. The molecule has 1 aromatic carbocycles. The second kappa shape index (κ2) is 6.64. The largest absolute Gasteiger partial charge is 0.480 e. The third-order valence-corrected chi connectivity index (χ3v) is 6.50. The first-order valence-corrected chi connectivity index (χ1v) is 9.90. The number of ether oxygens (including phenoxy) is 1.